The first-order valence-corrected chi connectivity index (χ1v) is 6.12. The lowest BCUT2D eigenvalue weighted by Crippen LogP contribution is -2.12. The summed E-state index contributed by atoms with van der Waals surface area (Å²) in [5.74, 6) is 0. The molecule has 1 unspecified atom stereocenters. The first-order chi connectivity index (χ1) is 8.77. The van der Waals surface area contributed by atoms with E-state index in [1.54, 1.807) is 0 Å². The van der Waals surface area contributed by atoms with Crippen molar-refractivity contribution in [2.45, 2.75) is 6.04 Å². The number of para-hydroxylation sites is 1. The van der Waals surface area contributed by atoms with Gasteiger partial charge in [0.05, 0.1) is 11.6 Å². The second-order valence-corrected chi connectivity index (χ2v) is 4.60. The van der Waals surface area contributed by atoms with Gasteiger partial charge in [0.15, 0.2) is 0 Å². The van der Waals surface area contributed by atoms with Gasteiger partial charge >= 0.3 is 0 Å². The Labute approximate surface area is 107 Å². The van der Waals surface area contributed by atoms with Gasteiger partial charge in [-0.3, -0.25) is 0 Å². The van der Waals surface area contributed by atoms with E-state index in [-0.39, 0.29) is 6.04 Å². The largest absolute Gasteiger partial charge is 0.350 e. The SMILES string of the molecule is Cn1ccc2cccc(C(N)c3ccccc3)c21. The number of nitrogens with two attached hydrogens (primary N) is 1. The minimum atomic E-state index is -0.0801. The van der Waals surface area contributed by atoms with E-state index < -0.39 is 0 Å². The van der Waals surface area contributed by atoms with Gasteiger partial charge in [-0.05, 0) is 22.6 Å². The maximum absolute atomic E-state index is 6.40. The predicted octanol–water partition coefficient (Wildman–Crippen LogP) is 3.23. The third kappa shape index (κ3) is 1.71. The molecule has 18 heavy (non-hydrogen) atoms. The monoisotopic (exact) mass is 236 g/mol. The van der Waals surface area contributed by atoms with Crippen LogP contribution in [0, 0.1) is 0 Å². The highest BCUT2D eigenvalue weighted by Crippen LogP contribution is 2.27. The van der Waals surface area contributed by atoms with Crippen LogP contribution in [0.25, 0.3) is 10.9 Å². The highest BCUT2D eigenvalue weighted by molar-refractivity contribution is 5.84. The van der Waals surface area contributed by atoms with Crippen LogP contribution in [0.3, 0.4) is 0 Å². The van der Waals surface area contributed by atoms with Crippen LogP contribution >= 0.6 is 0 Å². The summed E-state index contributed by atoms with van der Waals surface area (Å²) in [5, 5.41) is 1.24. The smallest absolute Gasteiger partial charge is 0.0572 e. The second-order valence-electron chi connectivity index (χ2n) is 4.60. The molecule has 1 heterocycles. The normalized spacial score (nSPS) is 12.8. The van der Waals surface area contributed by atoms with Gasteiger partial charge in [-0.2, -0.15) is 0 Å². The zero-order valence-electron chi connectivity index (χ0n) is 10.4. The van der Waals surface area contributed by atoms with Crippen LogP contribution in [0.2, 0.25) is 0 Å². The van der Waals surface area contributed by atoms with Crippen molar-refractivity contribution in [3.8, 4) is 0 Å². The molecule has 2 N–H and O–H groups in total. The predicted molar refractivity (Wildman–Crippen MR) is 75.4 cm³/mol. The third-order valence-corrected chi connectivity index (χ3v) is 3.42. The molecule has 2 aromatic carbocycles. The fourth-order valence-electron chi connectivity index (χ4n) is 2.48. The van der Waals surface area contributed by atoms with E-state index >= 15 is 0 Å². The Morgan fingerprint density at radius 1 is 0.944 bits per heavy atom. The summed E-state index contributed by atoms with van der Waals surface area (Å²) in [6, 6.07) is 18.6. The van der Waals surface area contributed by atoms with Crippen LogP contribution in [-0.2, 0) is 7.05 Å². The van der Waals surface area contributed by atoms with E-state index in [9.17, 15) is 0 Å². The minimum Gasteiger partial charge on any atom is -0.350 e. The van der Waals surface area contributed by atoms with Crippen molar-refractivity contribution in [3.63, 3.8) is 0 Å². The summed E-state index contributed by atoms with van der Waals surface area (Å²) in [7, 11) is 2.06. The second kappa shape index (κ2) is 4.31. The number of nitrogens with zero attached hydrogens (tertiary/aromatic N) is 1. The van der Waals surface area contributed by atoms with Crippen LogP contribution in [0.4, 0.5) is 0 Å². The van der Waals surface area contributed by atoms with Gasteiger partial charge in [-0.15, -0.1) is 0 Å². The number of aryl methyl sites for hydroxylation is 1. The molecule has 2 nitrogen and oxygen atoms in total. The zero-order chi connectivity index (χ0) is 12.5. The molecular formula is C16H16N2. The molecule has 0 aliphatic carbocycles. The Balaban J connectivity index is 2.17. The first kappa shape index (κ1) is 11.1. The number of rotatable bonds is 2. The molecule has 1 atom stereocenters. The molecule has 0 fully saturated rings. The number of hydrogen-bond donors (Lipinski definition) is 1. The Morgan fingerprint density at radius 3 is 2.50 bits per heavy atom. The Morgan fingerprint density at radius 2 is 1.72 bits per heavy atom. The summed E-state index contributed by atoms with van der Waals surface area (Å²) < 4.78 is 2.13. The van der Waals surface area contributed by atoms with Crippen LogP contribution < -0.4 is 5.73 Å². The molecular weight excluding hydrogens is 220 g/mol. The number of benzene rings is 2. The van der Waals surface area contributed by atoms with Gasteiger partial charge in [0.2, 0.25) is 0 Å². The van der Waals surface area contributed by atoms with Crippen LogP contribution in [0.15, 0.2) is 60.8 Å². The molecule has 0 aliphatic rings. The van der Waals surface area contributed by atoms with E-state index in [0.29, 0.717) is 0 Å². The van der Waals surface area contributed by atoms with E-state index in [4.69, 9.17) is 5.73 Å². The zero-order valence-corrected chi connectivity index (χ0v) is 10.4. The molecule has 1 aromatic heterocycles. The number of fused-ring (bicyclic) bond motifs is 1. The van der Waals surface area contributed by atoms with Gasteiger partial charge in [-0.25, -0.2) is 0 Å². The lowest BCUT2D eigenvalue weighted by molar-refractivity contribution is 0.861. The molecule has 0 radical (unpaired) electrons. The molecule has 2 heteroatoms. The van der Waals surface area contributed by atoms with Crippen LogP contribution in [0.1, 0.15) is 17.2 Å². The number of hydrogen-bond acceptors (Lipinski definition) is 1. The lowest BCUT2D eigenvalue weighted by Gasteiger charge is -2.15. The van der Waals surface area contributed by atoms with E-state index in [1.165, 1.54) is 16.5 Å². The van der Waals surface area contributed by atoms with Crippen molar-refractivity contribution in [1.29, 1.82) is 0 Å². The quantitative estimate of drug-likeness (QED) is 0.727. The van der Waals surface area contributed by atoms with Crippen molar-refractivity contribution in [1.82, 2.24) is 4.57 Å². The molecule has 3 aromatic rings. The average Bonchev–Trinajstić information content (AvgIpc) is 2.81. The van der Waals surface area contributed by atoms with Crippen molar-refractivity contribution < 1.29 is 0 Å². The maximum Gasteiger partial charge on any atom is 0.0572 e. The van der Waals surface area contributed by atoms with Gasteiger partial charge in [0, 0.05) is 13.2 Å². The van der Waals surface area contributed by atoms with Crippen molar-refractivity contribution >= 4 is 10.9 Å². The van der Waals surface area contributed by atoms with Gasteiger partial charge in [-0.1, -0.05) is 48.5 Å². The summed E-state index contributed by atoms with van der Waals surface area (Å²) in [5.41, 5.74) is 9.93. The highest BCUT2D eigenvalue weighted by atomic mass is 14.9. The van der Waals surface area contributed by atoms with Gasteiger partial charge < -0.3 is 10.3 Å². The highest BCUT2D eigenvalue weighted by Gasteiger charge is 2.13. The molecule has 0 spiro atoms. The summed E-state index contributed by atoms with van der Waals surface area (Å²) in [4.78, 5) is 0. The molecule has 0 aliphatic heterocycles. The first-order valence-electron chi connectivity index (χ1n) is 6.12. The summed E-state index contributed by atoms with van der Waals surface area (Å²) in [6.45, 7) is 0. The minimum absolute atomic E-state index is 0.0801. The average molecular weight is 236 g/mol. The molecule has 90 valence electrons. The fraction of sp³-hybridized carbons (Fsp3) is 0.125. The molecule has 0 saturated carbocycles. The number of aromatic nitrogens is 1. The van der Waals surface area contributed by atoms with Crippen molar-refractivity contribution in [2.75, 3.05) is 0 Å². The molecule has 0 amide bonds. The standard InChI is InChI=1S/C16H16N2/c1-18-11-10-13-8-5-9-14(16(13)18)15(17)12-6-3-2-4-7-12/h2-11,15H,17H2,1H3. The van der Waals surface area contributed by atoms with Gasteiger partial charge in [0.25, 0.3) is 0 Å². The van der Waals surface area contributed by atoms with Crippen molar-refractivity contribution in [3.05, 3.63) is 71.9 Å². The van der Waals surface area contributed by atoms with Gasteiger partial charge in [0.1, 0.15) is 0 Å². The lowest BCUT2D eigenvalue weighted by atomic mass is 9.98. The van der Waals surface area contributed by atoms with E-state index in [2.05, 4.69) is 54.2 Å². The Kier molecular flexibility index (Phi) is 2.65. The Bertz CT molecular complexity index is 668. The summed E-state index contributed by atoms with van der Waals surface area (Å²) >= 11 is 0. The molecule has 0 bridgehead atoms. The third-order valence-electron chi connectivity index (χ3n) is 3.42. The van der Waals surface area contributed by atoms with Crippen LogP contribution in [0.5, 0.6) is 0 Å². The van der Waals surface area contributed by atoms with Crippen LogP contribution in [-0.4, -0.2) is 4.57 Å². The molecule has 3 rings (SSSR count). The summed E-state index contributed by atoms with van der Waals surface area (Å²) in [6.07, 6.45) is 2.08. The molecule has 0 saturated heterocycles. The van der Waals surface area contributed by atoms with E-state index in [1.807, 2.05) is 18.2 Å². The fourth-order valence-corrected chi connectivity index (χ4v) is 2.48. The topological polar surface area (TPSA) is 30.9 Å². The maximum atomic E-state index is 6.40. The van der Waals surface area contributed by atoms with E-state index in [0.717, 1.165) is 5.56 Å². The van der Waals surface area contributed by atoms with Crippen molar-refractivity contribution in [2.24, 2.45) is 12.8 Å². The Hall–Kier alpha value is -2.06.